The zero-order chi connectivity index (χ0) is 12.4. The van der Waals surface area contributed by atoms with Gasteiger partial charge in [-0.2, -0.15) is 0 Å². The van der Waals surface area contributed by atoms with Gasteiger partial charge in [-0.25, -0.2) is 0 Å². The third kappa shape index (κ3) is 2.17. The number of nitrogens with two attached hydrogens (primary N) is 1. The standard InChI is InChI=1S/C15H15NO2/c16-13(8-7-12-5-3-9-17-12)15-10-11-4-1-2-6-14(11)18-15/h1-6,9-10,13H,7-8,16H2. The van der Waals surface area contributed by atoms with Crippen LogP contribution in [0.25, 0.3) is 11.0 Å². The van der Waals surface area contributed by atoms with Gasteiger partial charge < -0.3 is 14.6 Å². The lowest BCUT2D eigenvalue weighted by molar-refractivity contribution is 0.450. The summed E-state index contributed by atoms with van der Waals surface area (Å²) in [6.45, 7) is 0. The minimum atomic E-state index is -0.0949. The van der Waals surface area contributed by atoms with Gasteiger partial charge in [-0.05, 0) is 30.7 Å². The molecule has 0 spiro atoms. The average molecular weight is 241 g/mol. The number of furan rings is 2. The fourth-order valence-corrected chi connectivity index (χ4v) is 2.08. The largest absolute Gasteiger partial charge is 0.469 e. The lowest BCUT2D eigenvalue weighted by Gasteiger charge is -2.06. The van der Waals surface area contributed by atoms with Crippen LogP contribution in [0.3, 0.4) is 0 Å². The highest BCUT2D eigenvalue weighted by Crippen LogP contribution is 2.25. The van der Waals surface area contributed by atoms with Crippen LogP contribution in [-0.2, 0) is 6.42 Å². The maximum absolute atomic E-state index is 6.14. The summed E-state index contributed by atoms with van der Waals surface area (Å²) >= 11 is 0. The topological polar surface area (TPSA) is 52.3 Å². The van der Waals surface area contributed by atoms with Gasteiger partial charge in [-0.15, -0.1) is 0 Å². The first-order valence-electron chi connectivity index (χ1n) is 6.09. The molecule has 1 aromatic carbocycles. The molecular weight excluding hydrogens is 226 g/mol. The van der Waals surface area contributed by atoms with E-state index >= 15 is 0 Å². The summed E-state index contributed by atoms with van der Waals surface area (Å²) in [5.41, 5.74) is 7.03. The van der Waals surface area contributed by atoms with E-state index in [1.807, 2.05) is 42.5 Å². The number of para-hydroxylation sites is 1. The third-order valence-corrected chi connectivity index (χ3v) is 3.09. The predicted molar refractivity (Wildman–Crippen MR) is 70.2 cm³/mol. The van der Waals surface area contributed by atoms with E-state index in [9.17, 15) is 0 Å². The molecular formula is C15H15NO2. The Morgan fingerprint density at radius 3 is 2.78 bits per heavy atom. The van der Waals surface area contributed by atoms with Crippen LogP contribution >= 0.6 is 0 Å². The molecule has 0 aliphatic heterocycles. The number of aryl methyl sites for hydroxylation is 1. The molecule has 0 radical (unpaired) electrons. The molecule has 0 saturated carbocycles. The molecule has 0 saturated heterocycles. The summed E-state index contributed by atoms with van der Waals surface area (Å²) < 4.78 is 11.0. The van der Waals surface area contributed by atoms with Crippen molar-refractivity contribution in [1.29, 1.82) is 0 Å². The van der Waals surface area contributed by atoms with E-state index in [-0.39, 0.29) is 6.04 Å². The normalized spacial score (nSPS) is 12.9. The lowest BCUT2D eigenvalue weighted by Crippen LogP contribution is -2.10. The summed E-state index contributed by atoms with van der Waals surface area (Å²) in [6.07, 6.45) is 3.32. The fraction of sp³-hybridized carbons (Fsp3) is 0.200. The number of rotatable bonds is 4. The highest BCUT2D eigenvalue weighted by molar-refractivity contribution is 5.77. The number of benzene rings is 1. The van der Waals surface area contributed by atoms with Gasteiger partial charge in [0.2, 0.25) is 0 Å². The van der Waals surface area contributed by atoms with Gasteiger partial charge in [0.05, 0.1) is 12.3 Å². The van der Waals surface area contributed by atoms with Crippen LogP contribution in [0, 0.1) is 0 Å². The van der Waals surface area contributed by atoms with Gasteiger partial charge in [0.1, 0.15) is 17.1 Å². The van der Waals surface area contributed by atoms with E-state index in [1.54, 1.807) is 6.26 Å². The highest BCUT2D eigenvalue weighted by atomic mass is 16.3. The van der Waals surface area contributed by atoms with E-state index in [2.05, 4.69) is 0 Å². The molecule has 0 bridgehead atoms. The van der Waals surface area contributed by atoms with Crippen LogP contribution in [0.5, 0.6) is 0 Å². The average Bonchev–Trinajstić information content (AvgIpc) is 3.04. The van der Waals surface area contributed by atoms with Crippen molar-refractivity contribution in [2.75, 3.05) is 0 Å². The SMILES string of the molecule is NC(CCc1ccco1)c1cc2ccccc2o1. The van der Waals surface area contributed by atoms with Crippen LogP contribution < -0.4 is 5.73 Å². The zero-order valence-electron chi connectivity index (χ0n) is 10.0. The van der Waals surface area contributed by atoms with Crippen LogP contribution in [0.1, 0.15) is 24.0 Å². The monoisotopic (exact) mass is 241 g/mol. The Kier molecular flexibility index (Phi) is 2.90. The highest BCUT2D eigenvalue weighted by Gasteiger charge is 2.12. The van der Waals surface area contributed by atoms with E-state index in [4.69, 9.17) is 14.6 Å². The van der Waals surface area contributed by atoms with Gasteiger partial charge in [0.15, 0.2) is 0 Å². The molecule has 0 aliphatic carbocycles. The summed E-state index contributed by atoms with van der Waals surface area (Å²) in [4.78, 5) is 0. The Morgan fingerprint density at radius 1 is 1.11 bits per heavy atom. The van der Waals surface area contributed by atoms with Gasteiger partial charge in [-0.3, -0.25) is 0 Å². The molecule has 18 heavy (non-hydrogen) atoms. The third-order valence-electron chi connectivity index (χ3n) is 3.09. The first kappa shape index (κ1) is 11.1. The molecule has 3 nitrogen and oxygen atoms in total. The van der Waals surface area contributed by atoms with Crippen molar-refractivity contribution in [2.45, 2.75) is 18.9 Å². The van der Waals surface area contributed by atoms with E-state index in [0.29, 0.717) is 0 Å². The Balaban J connectivity index is 1.73. The van der Waals surface area contributed by atoms with Gasteiger partial charge >= 0.3 is 0 Å². The maximum Gasteiger partial charge on any atom is 0.134 e. The molecule has 3 heteroatoms. The predicted octanol–water partition coefficient (Wildman–Crippen LogP) is 3.66. The van der Waals surface area contributed by atoms with E-state index < -0.39 is 0 Å². The fourth-order valence-electron chi connectivity index (χ4n) is 2.08. The second-order valence-electron chi connectivity index (χ2n) is 4.41. The minimum absolute atomic E-state index is 0.0949. The first-order valence-corrected chi connectivity index (χ1v) is 6.09. The zero-order valence-corrected chi connectivity index (χ0v) is 10.0. The Morgan fingerprint density at radius 2 is 2.00 bits per heavy atom. The lowest BCUT2D eigenvalue weighted by atomic mass is 10.1. The molecule has 0 aliphatic rings. The summed E-state index contributed by atoms with van der Waals surface area (Å²) in [5.74, 6) is 1.80. The van der Waals surface area contributed by atoms with Crippen molar-refractivity contribution in [2.24, 2.45) is 5.73 Å². The van der Waals surface area contributed by atoms with Gasteiger partial charge in [0, 0.05) is 11.8 Å². The molecule has 2 aromatic heterocycles. The Hall–Kier alpha value is -2.00. The first-order chi connectivity index (χ1) is 8.83. The molecule has 3 rings (SSSR count). The quantitative estimate of drug-likeness (QED) is 0.758. The van der Waals surface area contributed by atoms with E-state index in [1.165, 1.54) is 0 Å². The van der Waals surface area contributed by atoms with Crippen LogP contribution in [-0.4, -0.2) is 0 Å². The van der Waals surface area contributed by atoms with Crippen LogP contribution in [0.2, 0.25) is 0 Å². The molecule has 1 atom stereocenters. The summed E-state index contributed by atoms with van der Waals surface area (Å²) in [5, 5.41) is 1.10. The van der Waals surface area contributed by atoms with Gasteiger partial charge in [-0.1, -0.05) is 18.2 Å². The van der Waals surface area contributed by atoms with Crippen molar-refractivity contribution in [1.82, 2.24) is 0 Å². The molecule has 0 fully saturated rings. The molecule has 1 unspecified atom stereocenters. The van der Waals surface area contributed by atoms with Crippen molar-refractivity contribution < 1.29 is 8.83 Å². The maximum atomic E-state index is 6.14. The Bertz CT molecular complexity index is 592. The van der Waals surface area contributed by atoms with Crippen molar-refractivity contribution >= 4 is 11.0 Å². The molecule has 2 heterocycles. The smallest absolute Gasteiger partial charge is 0.134 e. The molecule has 2 N–H and O–H groups in total. The minimum Gasteiger partial charge on any atom is -0.469 e. The number of hydrogen-bond donors (Lipinski definition) is 1. The van der Waals surface area contributed by atoms with E-state index in [0.717, 1.165) is 35.3 Å². The van der Waals surface area contributed by atoms with Crippen LogP contribution in [0.15, 0.2) is 57.6 Å². The van der Waals surface area contributed by atoms with Crippen LogP contribution in [0.4, 0.5) is 0 Å². The second-order valence-corrected chi connectivity index (χ2v) is 4.41. The molecule has 0 amide bonds. The van der Waals surface area contributed by atoms with Crippen molar-refractivity contribution in [3.05, 3.63) is 60.2 Å². The number of hydrogen-bond acceptors (Lipinski definition) is 3. The second kappa shape index (κ2) is 4.70. The number of fused-ring (bicyclic) bond motifs is 1. The van der Waals surface area contributed by atoms with Crippen molar-refractivity contribution in [3.63, 3.8) is 0 Å². The summed E-state index contributed by atoms with van der Waals surface area (Å²) in [6, 6.07) is 13.7. The molecule has 92 valence electrons. The Labute approximate surface area is 105 Å². The summed E-state index contributed by atoms with van der Waals surface area (Å²) in [7, 11) is 0. The van der Waals surface area contributed by atoms with Gasteiger partial charge in [0.25, 0.3) is 0 Å². The van der Waals surface area contributed by atoms with Crippen molar-refractivity contribution in [3.8, 4) is 0 Å². The molecule has 3 aromatic rings.